The van der Waals surface area contributed by atoms with Gasteiger partial charge in [0.25, 0.3) is 0 Å². The van der Waals surface area contributed by atoms with Crippen LogP contribution in [0.25, 0.3) is 11.4 Å². The smallest absolute Gasteiger partial charge is 0.233 e. The summed E-state index contributed by atoms with van der Waals surface area (Å²) in [5, 5.41) is 12.5. The van der Waals surface area contributed by atoms with Gasteiger partial charge >= 0.3 is 0 Å². The van der Waals surface area contributed by atoms with Gasteiger partial charge in [0, 0.05) is 18.7 Å². The first-order valence-electron chi connectivity index (χ1n) is 12.0. The third-order valence-electron chi connectivity index (χ3n) is 6.26. The average molecular weight is 471 g/mol. The van der Waals surface area contributed by atoms with E-state index in [-0.39, 0.29) is 17.3 Å². The van der Waals surface area contributed by atoms with Crippen LogP contribution in [0.2, 0.25) is 0 Å². The minimum atomic E-state index is -0.263. The fourth-order valence-electron chi connectivity index (χ4n) is 4.32. The van der Waals surface area contributed by atoms with E-state index in [1.807, 2.05) is 31.2 Å². The van der Waals surface area contributed by atoms with Gasteiger partial charge in [0.1, 0.15) is 5.75 Å². The van der Waals surface area contributed by atoms with Crippen LogP contribution in [0.3, 0.4) is 0 Å². The maximum absolute atomic E-state index is 12.7. The fraction of sp³-hybridized carbons (Fsp3) is 0.560. The second-order valence-corrected chi connectivity index (χ2v) is 10.00. The van der Waals surface area contributed by atoms with Crippen LogP contribution < -0.4 is 10.1 Å². The SMILES string of the molecule is COc1ccc(-c2nnc(SC(C)C(=O)NCCC3=CCCCC3)n2CC2CCCO2)cc1. The summed E-state index contributed by atoms with van der Waals surface area (Å²) < 4.78 is 13.3. The molecule has 0 saturated carbocycles. The molecule has 178 valence electrons. The predicted molar refractivity (Wildman–Crippen MR) is 130 cm³/mol. The molecule has 1 saturated heterocycles. The molecule has 7 nitrogen and oxygen atoms in total. The number of ether oxygens (including phenoxy) is 2. The molecule has 2 unspecified atom stereocenters. The molecule has 0 bridgehead atoms. The zero-order valence-electron chi connectivity index (χ0n) is 19.6. The Labute approximate surface area is 200 Å². The number of allylic oxidation sites excluding steroid dienone is 1. The molecule has 1 amide bonds. The Bertz CT molecular complexity index is 951. The molecule has 1 aromatic heterocycles. The molecule has 1 fully saturated rings. The number of rotatable bonds is 10. The average Bonchev–Trinajstić information content (AvgIpc) is 3.50. The monoisotopic (exact) mass is 470 g/mol. The fourth-order valence-corrected chi connectivity index (χ4v) is 5.20. The second-order valence-electron chi connectivity index (χ2n) is 8.69. The van der Waals surface area contributed by atoms with Gasteiger partial charge in [0.05, 0.1) is 25.0 Å². The Morgan fingerprint density at radius 3 is 2.82 bits per heavy atom. The summed E-state index contributed by atoms with van der Waals surface area (Å²) in [4.78, 5) is 12.7. The maximum Gasteiger partial charge on any atom is 0.233 e. The predicted octanol–water partition coefficient (Wildman–Crippen LogP) is 4.62. The van der Waals surface area contributed by atoms with Gasteiger partial charge in [0.15, 0.2) is 11.0 Å². The van der Waals surface area contributed by atoms with Crippen molar-refractivity contribution in [3.05, 3.63) is 35.9 Å². The lowest BCUT2D eigenvalue weighted by Crippen LogP contribution is -2.32. The van der Waals surface area contributed by atoms with Gasteiger partial charge in [-0.15, -0.1) is 10.2 Å². The third-order valence-corrected chi connectivity index (χ3v) is 7.34. The zero-order chi connectivity index (χ0) is 23.0. The number of benzene rings is 1. The molecule has 4 rings (SSSR count). The molecule has 1 N–H and O–H groups in total. The van der Waals surface area contributed by atoms with Crippen molar-refractivity contribution in [3.8, 4) is 17.1 Å². The van der Waals surface area contributed by atoms with Crippen LogP contribution in [0, 0.1) is 0 Å². The number of thioether (sulfide) groups is 1. The Kier molecular flexibility index (Phi) is 8.45. The normalized spacial score (nSPS) is 19.2. The van der Waals surface area contributed by atoms with E-state index in [4.69, 9.17) is 9.47 Å². The molecule has 2 atom stereocenters. The number of carbonyl (C=O) groups excluding carboxylic acids is 1. The van der Waals surface area contributed by atoms with Crippen molar-refractivity contribution < 1.29 is 14.3 Å². The summed E-state index contributed by atoms with van der Waals surface area (Å²) in [5.41, 5.74) is 2.44. The molecule has 2 aromatic rings. The van der Waals surface area contributed by atoms with Gasteiger partial charge in [0.2, 0.25) is 5.91 Å². The molecule has 0 radical (unpaired) electrons. The van der Waals surface area contributed by atoms with Gasteiger partial charge in [-0.2, -0.15) is 0 Å². The van der Waals surface area contributed by atoms with E-state index in [2.05, 4.69) is 26.2 Å². The first-order valence-corrected chi connectivity index (χ1v) is 12.8. The van der Waals surface area contributed by atoms with Gasteiger partial charge in [-0.3, -0.25) is 9.36 Å². The molecule has 1 aliphatic heterocycles. The highest BCUT2D eigenvalue weighted by Gasteiger charge is 2.24. The molecular formula is C25H34N4O3S. The van der Waals surface area contributed by atoms with E-state index in [1.54, 1.807) is 7.11 Å². The highest BCUT2D eigenvalue weighted by molar-refractivity contribution is 8.00. The lowest BCUT2D eigenvalue weighted by atomic mass is 9.97. The molecule has 2 aliphatic rings. The molecule has 2 heterocycles. The van der Waals surface area contributed by atoms with Gasteiger partial charge < -0.3 is 14.8 Å². The first kappa shape index (κ1) is 23.8. The van der Waals surface area contributed by atoms with E-state index < -0.39 is 0 Å². The molecule has 8 heteroatoms. The first-order chi connectivity index (χ1) is 16.1. The lowest BCUT2D eigenvalue weighted by molar-refractivity contribution is -0.120. The number of nitrogens with zero attached hydrogens (tertiary/aromatic N) is 3. The van der Waals surface area contributed by atoms with E-state index in [0.29, 0.717) is 13.1 Å². The highest BCUT2D eigenvalue weighted by Crippen LogP contribution is 2.29. The van der Waals surface area contributed by atoms with Crippen molar-refractivity contribution in [1.82, 2.24) is 20.1 Å². The zero-order valence-corrected chi connectivity index (χ0v) is 20.4. The summed E-state index contributed by atoms with van der Waals surface area (Å²) in [6.07, 6.45) is 10.4. The third kappa shape index (κ3) is 6.38. The van der Waals surface area contributed by atoms with Crippen LogP contribution in [-0.2, 0) is 16.1 Å². The van der Waals surface area contributed by atoms with Crippen molar-refractivity contribution in [2.75, 3.05) is 20.3 Å². The van der Waals surface area contributed by atoms with E-state index >= 15 is 0 Å². The van der Waals surface area contributed by atoms with Crippen LogP contribution in [0.1, 0.15) is 51.9 Å². The van der Waals surface area contributed by atoms with Gasteiger partial charge in [-0.1, -0.05) is 23.4 Å². The number of aromatic nitrogens is 3. The highest BCUT2D eigenvalue weighted by atomic mass is 32.2. The molecule has 0 spiro atoms. The summed E-state index contributed by atoms with van der Waals surface area (Å²) in [5.74, 6) is 1.62. The summed E-state index contributed by atoms with van der Waals surface area (Å²) in [6.45, 7) is 4.09. The quantitative estimate of drug-likeness (QED) is 0.403. The molecule has 1 aromatic carbocycles. The summed E-state index contributed by atoms with van der Waals surface area (Å²) in [6, 6.07) is 7.81. The van der Waals surface area contributed by atoms with Crippen molar-refractivity contribution in [3.63, 3.8) is 0 Å². The number of methoxy groups -OCH3 is 1. The van der Waals surface area contributed by atoms with Crippen LogP contribution in [-0.4, -0.2) is 52.3 Å². The van der Waals surface area contributed by atoms with Crippen LogP contribution >= 0.6 is 11.8 Å². The number of hydrogen-bond donors (Lipinski definition) is 1. The minimum absolute atomic E-state index is 0.0362. The Hall–Kier alpha value is -2.32. The summed E-state index contributed by atoms with van der Waals surface area (Å²) >= 11 is 1.45. The van der Waals surface area contributed by atoms with Crippen LogP contribution in [0.15, 0.2) is 41.1 Å². The standard InChI is InChI=1S/C25H34N4O3S/c1-18(24(30)26-15-14-19-7-4-3-5-8-19)33-25-28-27-23(20-10-12-21(31-2)13-11-20)29(25)17-22-9-6-16-32-22/h7,10-13,18,22H,3-6,8-9,14-17H2,1-2H3,(H,26,30). The number of nitrogens with one attached hydrogen (secondary N) is 1. The molecule has 33 heavy (non-hydrogen) atoms. The van der Waals surface area contributed by atoms with E-state index in [0.717, 1.165) is 48.2 Å². The topological polar surface area (TPSA) is 78.3 Å². The lowest BCUT2D eigenvalue weighted by Gasteiger charge is -2.17. The molecular weight excluding hydrogens is 436 g/mol. The number of carbonyl (C=O) groups is 1. The molecule has 1 aliphatic carbocycles. The van der Waals surface area contributed by atoms with Crippen molar-refractivity contribution in [2.45, 2.75) is 74.9 Å². The number of amides is 1. The Morgan fingerprint density at radius 2 is 2.12 bits per heavy atom. The summed E-state index contributed by atoms with van der Waals surface area (Å²) in [7, 11) is 1.65. The minimum Gasteiger partial charge on any atom is -0.497 e. The Morgan fingerprint density at radius 1 is 1.27 bits per heavy atom. The van der Waals surface area contributed by atoms with Gasteiger partial charge in [-0.05, 0) is 76.1 Å². The van der Waals surface area contributed by atoms with E-state index in [1.165, 1.54) is 43.0 Å². The maximum atomic E-state index is 12.7. The van der Waals surface area contributed by atoms with Crippen molar-refractivity contribution >= 4 is 17.7 Å². The number of hydrogen-bond acceptors (Lipinski definition) is 6. The van der Waals surface area contributed by atoms with Crippen molar-refractivity contribution in [1.29, 1.82) is 0 Å². The largest absolute Gasteiger partial charge is 0.497 e. The van der Waals surface area contributed by atoms with Crippen LogP contribution in [0.5, 0.6) is 5.75 Å². The van der Waals surface area contributed by atoms with Crippen molar-refractivity contribution in [2.24, 2.45) is 0 Å². The van der Waals surface area contributed by atoms with Crippen LogP contribution in [0.4, 0.5) is 0 Å². The Balaban J connectivity index is 1.43. The van der Waals surface area contributed by atoms with Gasteiger partial charge in [-0.25, -0.2) is 0 Å². The van der Waals surface area contributed by atoms with E-state index in [9.17, 15) is 4.79 Å². The second kappa shape index (κ2) is 11.7.